The average Bonchev–Trinajstić information content (AvgIpc) is 2.84. The molecule has 0 aliphatic rings. The maximum Gasteiger partial charge on any atom is 0.241 e. The van der Waals surface area contributed by atoms with E-state index in [9.17, 15) is 4.79 Å². The van der Waals surface area contributed by atoms with E-state index in [-0.39, 0.29) is 11.9 Å². The summed E-state index contributed by atoms with van der Waals surface area (Å²) in [6, 6.07) is 7.51. The lowest BCUT2D eigenvalue weighted by molar-refractivity contribution is -0.117. The summed E-state index contributed by atoms with van der Waals surface area (Å²) in [6.45, 7) is 3.80. The van der Waals surface area contributed by atoms with Gasteiger partial charge in [0, 0.05) is 16.6 Å². The molecule has 0 saturated carbocycles. The third-order valence-corrected chi connectivity index (χ3v) is 3.64. The molecule has 0 bridgehead atoms. The van der Waals surface area contributed by atoms with Gasteiger partial charge in [-0.2, -0.15) is 0 Å². The minimum absolute atomic E-state index is 0.0471. The molecule has 4 nitrogen and oxygen atoms in total. The molecule has 1 amide bonds. The number of benzene rings is 1. The second kappa shape index (κ2) is 5.95. The van der Waals surface area contributed by atoms with Crippen molar-refractivity contribution in [1.82, 2.24) is 10.3 Å². The number of rotatable bonds is 4. The number of anilines is 1. The zero-order valence-corrected chi connectivity index (χ0v) is 12.0. The third-order valence-electron chi connectivity index (χ3n) is 2.87. The van der Waals surface area contributed by atoms with Crippen LogP contribution in [-0.2, 0) is 4.79 Å². The molecule has 1 aromatic carbocycles. The first-order valence-corrected chi connectivity index (χ1v) is 6.99. The molecule has 0 spiro atoms. The molecule has 1 aromatic heterocycles. The second-order valence-corrected chi connectivity index (χ2v) is 5.39. The summed E-state index contributed by atoms with van der Waals surface area (Å²) < 4.78 is 0. The van der Waals surface area contributed by atoms with Gasteiger partial charge in [-0.1, -0.05) is 12.1 Å². The van der Waals surface area contributed by atoms with Crippen LogP contribution in [0.3, 0.4) is 0 Å². The lowest BCUT2D eigenvalue weighted by Crippen LogP contribution is -2.35. The fraction of sp³-hybridized carbons (Fsp3) is 0.286. The van der Waals surface area contributed by atoms with Crippen molar-refractivity contribution in [3.05, 3.63) is 34.7 Å². The molecule has 2 aromatic rings. The van der Waals surface area contributed by atoms with Crippen LogP contribution in [0, 0.1) is 6.92 Å². The summed E-state index contributed by atoms with van der Waals surface area (Å²) in [7, 11) is 1.76. The quantitative estimate of drug-likeness (QED) is 0.902. The Bertz CT molecular complexity index is 580. The van der Waals surface area contributed by atoms with Crippen molar-refractivity contribution in [3.8, 4) is 11.3 Å². The number of aromatic nitrogens is 1. The third kappa shape index (κ3) is 3.39. The van der Waals surface area contributed by atoms with Crippen LogP contribution in [0.15, 0.2) is 29.6 Å². The maximum absolute atomic E-state index is 11.8. The first-order chi connectivity index (χ1) is 9.10. The van der Waals surface area contributed by atoms with Crippen LogP contribution in [-0.4, -0.2) is 24.0 Å². The number of aryl methyl sites for hydroxylation is 1. The molecule has 100 valence electrons. The van der Waals surface area contributed by atoms with Gasteiger partial charge in [0.1, 0.15) is 0 Å². The molecule has 2 N–H and O–H groups in total. The summed E-state index contributed by atoms with van der Waals surface area (Å²) in [6.07, 6.45) is 0. The summed E-state index contributed by atoms with van der Waals surface area (Å²) in [5.41, 5.74) is 2.75. The monoisotopic (exact) mass is 275 g/mol. The number of carbonyl (C=O) groups is 1. The molecule has 5 heteroatoms. The first kappa shape index (κ1) is 13.7. The highest BCUT2D eigenvalue weighted by Gasteiger charge is 2.10. The zero-order valence-electron chi connectivity index (χ0n) is 11.2. The van der Waals surface area contributed by atoms with E-state index >= 15 is 0 Å². The van der Waals surface area contributed by atoms with E-state index in [1.54, 1.807) is 18.4 Å². The van der Waals surface area contributed by atoms with Crippen molar-refractivity contribution >= 4 is 22.9 Å². The van der Waals surface area contributed by atoms with Crippen LogP contribution >= 0.6 is 11.3 Å². The largest absolute Gasteiger partial charge is 0.325 e. The van der Waals surface area contributed by atoms with Crippen LogP contribution in [0.25, 0.3) is 11.3 Å². The molecule has 19 heavy (non-hydrogen) atoms. The SMILES string of the molecule is CNC(C)C(=O)Nc1cccc(-c2csc(C)n2)c1. The van der Waals surface area contributed by atoms with Crippen LogP contribution < -0.4 is 10.6 Å². The fourth-order valence-corrected chi connectivity index (χ4v) is 2.26. The molecule has 1 unspecified atom stereocenters. The lowest BCUT2D eigenvalue weighted by Gasteiger charge is -2.11. The van der Waals surface area contributed by atoms with Gasteiger partial charge < -0.3 is 10.6 Å². The van der Waals surface area contributed by atoms with Gasteiger partial charge >= 0.3 is 0 Å². The van der Waals surface area contributed by atoms with E-state index < -0.39 is 0 Å². The van der Waals surface area contributed by atoms with Gasteiger partial charge in [-0.15, -0.1) is 11.3 Å². The summed E-state index contributed by atoms with van der Waals surface area (Å²) in [4.78, 5) is 16.3. The normalized spacial score (nSPS) is 12.2. The van der Waals surface area contributed by atoms with Crippen molar-refractivity contribution < 1.29 is 4.79 Å². The number of thiazole rings is 1. The van der Waals surface area contributed by atoms with Crippen molar-refractivity contribution in [2.24, 2.45) is 0 Å². The van der Waals surface area contributed by atoms with Gasteiger partial charge in [0.05, 0.1) is 16.7 Å². The lowest BCUT2D eigenvalue weighted by atomic mass is 10.1. The number of amides is 1. The average molecular weight is 275 g/mol. The highest BCUT2D eigenvalue weighted by molar-refractivity contribution is 7.09. The summed E-state index contributed by atoms with van der Waals surface area (Å²) >= 11 is 1.62. The molecule has 0 aliphatic heterocycles. The predicted molar refractivity (Wildman–Crippen MR) is 79.4 cm³/mol. The Kier molecular flexibility index (Phi) is 4.29. The Balaban J connectivity index is 2.18. The Morgan fingerprint density at radius 3 is 2.84 bits per heavy atom. The molecule has 1 heterocycles. The molecular formula is C14H17N3OS. The minimum atomic E-state index is -0.217. The van der Waals surface area contributed by atoms with Crippen LogP contribution in [0.5, 0.6) is 0 Å². The van der Waals surface area contributed by atoms with Gasteiger partial charge in [0.2, 0.25) is 5.91 Å². The smallest absolute Gasteiger partial charge is 0.241 e. The number of nitrogens with zero attached hydrogens (tertiary/aromatic N) is 1. The Hall–Kier alpha value is -1.72. The highest BCUT2D eigenvalue weighted by Crippen LogP contribution is 2.24. The van der Waals surface area contributed by atoms with Gasteiger partial charge in [-0.25, -0.2) is 4.98 Å². The van der Waals surface area contributed by atoms with Crippen molar-refractivity contribution in [1.29, 1.82) is 0 Å². The molecule has 2 rings (SSSR count). The van der Waals surface area contributed by atoms with Gasteiger partial charge in [0.25, 0.3) is 0 Å². The predicted octanol–water partition coefficient (Wildman–Crippen LogP) is 2.66. The number of likely N-dealkylation sites (N-methyl/N-ethyl adjacent to an activating group) is 1. The van der Waals surface area contributed by atoms with Gasteiger partial charge in [-0.3, -0.25) is 4.79 Å². The van der Waals surface area contributed by atoms with E-state index in [2.05, 4.69) is 15.6 Å². The molecule has 0 fully saturated rings. The molecular weight excluding hydrogens is 258 g/mol. The Morgan fingerprint density at radius 2 is 2.21 bits per heavy atom. The Morgan fingerprint density at radius 1 is 1.42 bits per heavy atom. The summed E-state index contributed by atoms with van der Waals surface area (Å²) in [5.74, 6) is -0.0471. The number of nitrogens with one attached hydrogen (secondary N) is 2. The first-order valence-electron chi connectivity index (χ1n) is 6.11. The van der Waals surface area contributed by atoms with Crippen molar-refractivity contribution in [2.45, 2.75) is 19.9 Å². The van der Waals surface area contributed by atoms with Gasteiger partial charge in [0.15, 0.2) is 0 Å². The number of hydrogen-bond acceptors (Lipinski definition) is 4. The highest BCUT2D eigenvalue weighted by atomic mass is 32.1. The number of carbonyl (C=O) groups excluding carboxylic acids is 1. The topological polar surface area (TPSA) is 54.0 Å². The van der Waals surface area contributed by atoms with E-state index in [4.69, 9.17) is 0 Å². The van der Waals surface area contributed by atoms with E-state index in [0.29, 0.717) is 0 Å². The van der Waals surface area contributed by atoms with Crippen LogP contribution in [0.2, 0.25) is 0 Å². The molecule has 0 radical (unpaired) electrons. The maximum atomic E-state index is 11.8. The van der Waals surface area contributed by atoms with Crippen molar-refractivity contribution in [3.63, 3.8) is 0 Å². The fourth-order valence-electron chi connectivity index (χ4n) is 1.63. The van der Waals surface area contributed by atoms with Crippen molar-refractivity contribution in [2.75, 3.05) is 12.4 Å². The molecule has 1 atom stereocenters. The molecule has 0 saturated heterocycles. The standard InChI is InChI=1S/C14H17N3OS/c1-9(15-3)14(18)17-12-6-4-5-11(7-12)13-8-19-10(2)16-13/h4-9,15H,1-3H3,(H,17,18). The second-order valence-electron chi connectivity index (χ2n) is 4.33. The Labute approximate surface area is 116 Å². The minimum Gasteiger partial charge on any atom is -0.325 e. The van der Waals surface area contributed by atoms with Crippen LogP contribution in [0.4, 0.5) is 5.69 Å². The number of hydrogen-bond donors (Lipinski definition) is 2. The van der Waals surface area contributed by atoms with E-state index in [1.807, 2.05) is 43.5 Å². The molecule has 0 aliphatic carbocycles. The van der Waals surface area contributed by atoms with E-state index in [1.165, 1.54) is 0 Å². The van der Waals surface area contributed by atoms with Crippen LogP contribution in [0.1, 0.15) is 11.9 Å². The summed E-state index contributed by atoms with van der Waals surface area (Å²) in [5, 5.41) is 8.85. The zero-order chi connectivity index (χ0) is 13.8. The van der Waals surface area contributed by atoms with Gasteiger partial charge in [-0.05, 0) is 33.0 Å². The van der Waals surface area contributed by atoms with E-state index in [0.717, 1.165) is 22.0 Å².